The molecule has 0 spiro atoms. The van der Waals surface area contributed by atoms with Crippen LogP contribution in [0.4, 0.5) is 4.39 Å². The van der Waals surface area contributed by atoms with Gasteiger partial charge in [-0.1, -0.05) is 6.07 Å². The highest BCUT2D eigenvalue weighted by molar-refractivity contribution is 5.80. The Kier molecular flexibility index (Phi) is 5.95. The van der Waals surface area contributed by atoms with Crippen LogP contribution in [0.3, 0.4) is 0 Å². The van der Waals surface area contributed by atoms with Crippen LogP contribution in [0.5, 0.6) is 5.75 Å². The second-order valence-corrected chi connectivity index (χ2v) is 4.75. The molecule has 0 fully saturated rings. The highest BCUT2D eigenvalue weighted by atomic mass is 19.1. The van der Waals surface area contributed by atoms with Crippen molar-refractivity contribution in [2.24, 2.45) is 5.73 Å². The van der Waals surface area contributed by atoms with E-state index >= 15 is 0 Å². The van der Waals surface area contributed by atoms with Crippen LogP contribution in [0.1, 0.15) is 39.3 Å². The first-order chi connectivity index (χ1) is 9.40. The van der Waals surface area contributed by atoms with E-state index in [1.807, 2.05) is 13.8 Å². The molecule has 0 aromatic heterocycles. The Morgan fingerprint density at radius 3 is 2.40 bits per heavy atom. The minimum Gasteiger partial charge on any atom is -0.478 e. The van der Waals surface area contributed by atoms with E-state index in [0.717, 1.165) is 0 Å². The fourth-order valence-electron chi connectivity index (χ4n) is 1.93. The molecule has 0 aliphatic heterocycles. The number of rotatable bonds is 6. The monoisotopic (exact) mass is 282 g/mol. The molecule has 1 amide bonds. The van der Waals surface area contributed by atoms with Gasteiger partial charge < -0.3 is 15.4 Å². The highest BCUT2D eigenvalue weighted by Crippen LogP contribution is 2.22. The summed E-state index contributed by atoms with van der Waals surface area (Å²) in [4.78, 5) is 13.7. The molecular weight excluding hydrogens is 259 g/mol. The van der Waals surface area contributed by atoms with E-state index in [2.05, 4.69) is 0 Å². The van der Waals surface area contributed by atoms with Crippen molar-refractivity contribution in [3.05, 3.63) is 29.6 Å². The average Bonchev–Trinajstić information content (AvgIpc) is 2.41. The van der Waals surface area contributed by atoms with Gasteiger partial charge in [-0.25, -0.2) is 4.39 Å². The number of likely N-dealkylation sites (N-methyl/N-ethyl adjacent to an activating group) is 1. The molecule has 112 valence electrons. The standard InChI is InChI=1S/C15H23FN2O2/c1-5-18(6-2)15(19)11(4)20-14-8-7-12(10(3)17)9-13(14)16/h7-11H,5-6,17H2,1-4H3/t10-,11?/m0/s1. The molecule has 0 aliphatic carbocycles. The van der Waals surface area contributed by atoms with Gasteiger partial charge in [0.05, 0.1) is 0 Å². The zero-order valence-corrected chi connectivity index (χ0v) is 12.5. The Balaban J connectivity index is 2.80. The van der Waals surface area contributed by atoms with Gasteiger partial charge in [0.1, 0.15) is 0 Å². The maximum absolute atomic E-state index is 13.9. The number of carbonyl (C=O) groups excluding carboxylic acids is 1. The molecule has 1 aromatic carbocycles. The zero-order valence-electron chi connectivity index (χ0n) is 12.5. The van der Waals surface area contributed by atoms with E-state index in [0.29, 0.717) is 18.7 Å². The number of amides is 1. The summed E-state index contributed by atoms with van der Waals surface area (Å²) in [5, 5.41) is 0. The number of ether oxygens (including phenoxy) is 1. The first kappa shape index (κ1) is 16.4. The number of nitrogens with two attached hydrogens (primary N) is 1. The van der Waals surface area contributed by atoms with E-state index in [1.54, 1.807) is 24.8 Å². The van der Waals surface area contributed by atoms with Crippen molar-refractivity contribution in [2.75, 3.05) is 13.1 Å². The van der Waals surface area contributed by atoms with Gasteiger partial charge in [-0.05, 0) is 45.4 Å². The quantitative estimate of drug-likeness (QED) is 0.872. The SMILES string of the molecule is CCN(CC)C(=O)C(C)Oc1ccc([C@H](C)N)cc1F. The molecule has 0 heterocycles. The van der Waals surface area contributed by atoms with Crippen molar-refractivity contribution >= 4 is 5.91 Å². The topological polar surface area (TPSA) is 55.6 Å². The van der Waals surface area contributed by atoms with Crippen molar-refractivity contribution in [1.82, 2.24) is 4.90 Å². The van der Waals surface area contributed by atoms with Crippen LogP contribution in [-0.4, -0.2) is 30.0 Å². The molecule has 1 rings (SSSR count). The molecule has 1 aromatic rings. The lowest BCUT2D eigenvalue weighted by atomic mass is 10.1. The molecule has 0 saturated carbocycles. The number of nitrogens with zero attached hydrogens (tertiary/aromatic N) is 1. The van der Waals surface area contributed by atoms with Gasteiger partial charge in [0.15, 0.2) is 17.7 Å². The zero-order chi connectivity index (χ0) is 15.3. The Hall–Kier alpha value is -1.62. The van der Waals surface area contributed by atoms with Crippen LogP contribution >= 0.6 is 0 Å². The van der Waals surface area contributed by atoms with Crippen LogP contribution < -0.4 is 10.5 Å². The normalized spacial score (nSPS) is 13.7. The van der Waals surface area contributed by atoms with Gasteiger partial charge in [0.2, 0.25) is 0 Å². The van der Waals surface area contributed by atoms with Gasteiger partial charge >= 0.3 is 0 Å². The van der Waals surface area contributed by atoms with Crippen molar-refractivity contribution in [1.29, 1.82) is 0 Å². The smallest absolute Gasteiger partial charge is 0.263 e. The molecule has 0 radical (unpaired) electrons. The Morgan fingerprint density at radius 1 is 1.35 bits per heavy atom. The molecule has 2 atom stereocenters. The summed E-state index contributed by atoms with van der Waals surface area (Å²) in [7, 11) is 0. The fourth-order valence-corrected chi connectivity index (χ4v) is 1.93. The fraction of sp³-hybridized carbons (Fsp3) is 0.533. The van der Waals surface area contributed by atoms with E-state index in [1.165, 1.54) is 12.1 Å². The minimum atomic E-state index is -0.717. The molecule has 5 heteroatoms. The van der Waals surface area contributed by atoms with Crippen molar-refractivity contribution < 1.29 is 13.9 Å². The largest absolute Gasteiger partial charge is 0.478 e. The summed E-state index contributed by atoms with van der Waals surface area (Å²) in [6, 6.07) is 4.32. The van der Waals surface area contributed by atoms with E-state index < -0.39 is 11.9 Å². The summed E-state index contributed by atoms with van der Waals surface area (Å²) in [6.45, 7) is 8.41. The predicted octanol–water partition coefficient (Wildman–Crippen LogP) is 2.48. The Bertz CT molecular complexity index is 459. The third-order valence-corrected chi connectivity index (χ3v) is 3.21. The molecule has 0 aliphatic rings. The van der Waals surface area contributed by atoms with Crippen molar-refractivity contribution in [2.45, 2.75) is 39.8 Å². The van der Waals surface area contributed by atoms with Crippen molar-refractivity contribution in [3.8, 4) is 5.75 Å². The van der Waals surface area contributed by atoms with Gasteiger partial charge in [-0.15, -0.1) is 0 Å². The van der Waals surface area contributed by atoms with E-state index in [4.69, 9.17) is 10.5 Å². The minimum absolute atomic E-state index is 0.0717. The first-order valence-corrected chi connectivity index (χ1v) is 6.91. The maximum Gasteiger partial charge on any atom is 0.263 e. The maximum atomic E-state index is 13.9. The van der Waals surface area contributed by atoms with Crippen LogP contribution in [0, 0.1) is 5.82 Å². The lowest BCUT2D eigenvalue weighted by Gasteiger charge is -2.23. The number of hydrogen-bond acceptors (Lipinski definition) is 3. The molecule has 2 N–H and O–H groups in total. The van der Waals surface area contributed by atoms with Crippen LogP contribution in [0.2, 0.25) is 0 Å². The van der Waals surface area contributed by atoms with Gasteiger partial charge in [-0.3, -0.25) is 4.79 Å². The number of carbonyl (C=O) groups is 1. The summed E-state index contributed by atoms with van der Waals surface area (Å²) in [6.07, 6.45) is -0.717. The van der Waals surface area contributed by atoms with E-state index in [-0.39, 0.29) is 17.7 Å². The number of benzene rings is 1. The highest BCUT2D eigenvalue weighted by Gasteiger charge is 2.21. The second-order valence-electron chi connectivity index (χ2n) is 4.75. The van der Waals surface area contributed by atoms with Crippen LogP contribution in [0.25, 0.3) is 0 Å². The van der Waals surface area contributed by atoms with Crippen LogP contribution in [0.15, 0.2) is 18.2 Å². The van der Waals surface area contributed by atoms with E-state index in [9.17, 15) is 9.18 Å². The summed E-state index contributed by atoms with van der Waals surface area (Å²) in [5.74, 6) is -0.577. The van der Waals surface area contributed by atoms with Crippen molar-refractivity contribution in [3.63, 3.8) is 0 Å². The molecular formula is C15H23FN2O2. The number of halogens is 1. The van der Waals surface area contributed by atoms with Crippen LogP contribution in [-0.2, 0) is 4.79 Å². The summed E-state index contributed by atoms with van der Waals surface area (Å²) < 4.78 is 19.3. The lowest BCUT2D eigenvalue weighted by molar-refractivity contribution is -0.137. The summed E-state index contributed by atoms with van der Waals surface area (Å²) in [5.41, 5.74) is 6.38. The molecule has 0 bridgehead atoms. The molecule has 4 nitrogen and oxygen atoms in total. The third-order valence-electron chi connectivity index (χ3n) is 3.21. The Morgan fingerprint density at radius 2 is 1.95 bits per heavy atom. The average molecular weight is 282 g/mol. The predicted molar refractivity (Wildman–Crippen MR) is 77.0 cm³/mol. The number of hydrogen-bond donors (Lipinski definition) is 1. The molecule has 20 heavy (non-hydrogen) atoms. The van der Waals surface area contributed by atoms with Gasteiger partial charge in [0, 0.05) is 19.1 Å². The second kappa shape index (κ2) is 7.24. The van der Waals surface area contributed by atoms with Gasteiger partial charge in [0.25, 0.3) is 5.91 Å². The molecule has 0 saturated heterocycles. The van der Waals surface area contributed by atoms with Gasteiger partial charge in [-0.2, -0.15) is 0 Å². The third kappa shape index (κ3) is 3.93. The molecule has 1 unspecified atom stereocenters. The summed E-state index contributed by atoms with van der Waals surface area (Å²) >= 11 is 0. The lowest BCUT2D eigenvalue weighted by Crippen LogP contribution is -2.40. The first-order valence-electron chi connectivity index (χ1n) is 6.91. The Labute approximate surface area is 119 Å².